The number of aromatic amines is 2. The van der Waals surface area contributed by atoms with Crippen molar-refractivity contribution in [3.8, 4) is 5.75 Å². The van der Waals surface area contributed by atoms with Crippen molar-refractivity contribution < 1.29 is 13.5 Å². The molecule has 0 fully saturated rings. The van der Waals surface area contributed by atoms with Gasteiger partial charge < -0.3 is 14.7 Å². The van der Waals surface area contributed by atoms with Crippen LogP contribution in [0.5, 0.6) is 5.75 Å². The van der Waals surface area contributed by atoms with Crippen LogP contribution in [-0.4, -0.2) is 16.6 Å². The van der Waals surface area contributed by atoms with Crippen LogP contribution in [0.1, 0.15) is 0 Å². The highest BCUT2D eigenvalue weighted by molar-refractivity contribution is 5.80. The monoisotopic (exact) mass is 200 g/mol. The second-order valence-corrected chi connectivity index (χ2v) is 2.64. The molecule has 0 aliphatic carbocycles. The summed E-state index contributed by atoms with van der Waals surface area (Å²) in [5.41, 5.74) is 0.233. The van der Waals surface area contributed by atoms with E-state index in [1.807, 2.05) is 0 Å². The Kier molecular flexibility index (Phi) is 1.95. The number of fused-ring (bicyclic) bond motifs is 1. The molecule has 0 spiro atoms. The van der Waals surface area contributed by atoms with E-state index in [2.05, 4.69) is 14.7 Å². The smallest absolute Gasteiger partial charge is 0.387 e. The number of rotatable bonds is 2. The van der Waals surface area contributed by atoms with Crippen LogP contribution in [0.2, 0.25) is 0 Å². The summed E-state index contributed by atoms with van der Waals surface area (Å²) in [4.78, 5) is 15.7. The number of H-pyrrole nitrogens is 2. The molecule has 1 aromatic carbocycles. The number of nitrogens with one attached hydrogen (secondary N) is 2. The lowest BCUT2D eigenvalue weighted by molar-refractivity contribution is -0.0489. The molecule has 0 bridgehead atoms. The van der Waals surface area contributed by atoms with E-state index in [9.17, 15) is 13.6 Å². The van der Waals surface area contributed by atoms with E-state index in [1.54, 1.807) is 6.07 Å². The summed E-state index contributed by atoms with van der Waals surface area (Å²) in [5, 5.41) is 0. The zero-order chi connectivity index (χ0) is 10.1. The molecule has 0 aliphatic heterocycles. The van der Waals surface area contributed by atoms with E-state index in [4.69, 9.17) is 0 Å². The maximum Gasteiger partial charge on any atom is 0.387 e. The minimum atomic E-state index is -2.90. The first kappa shape index (κ1) is 8.74. The lowest BCUT2D eigenvalue weighted by Gasteiger charge is -2.03. The molecule has 2 rings (SSSR count). The van der Waals surface area contributed by atoms with Gasteiger partial charge in [-0.3, -0.25) is 0 Å². The summed E-state index contributed by atoms with van der Waals surface area (Å²) in [6.07, 6.45) is 0. The molecule has 0 radical (unpaired) electrons. The fraction of sp³-hybridized carbons (Fsp3) is 0.125. The third kappa shape index (κ3) is 1.46. The highest BCUT2D eigenvalue weighted by Crippen LogP contribution is 2.22. The summed E-state index contributed by atoms with van der Waals surface area (Å²) in [6.45, 7) is -2.90. The predicted molar refractivity (Wildman–Crippen MR) is 45.6 cm³/mol. The van der Waals surface area contributed by atoms with E-state index in [0.29, 0.717) is 5.52 Å². The van der Waals surface area contributed by atoms with Crippen molar-refractivity contribution in [2.24, 2.45) is 0 Å². The third-order valence-corrected chi connectivity index (χ3v) is 1.73. The lowest BCUT2D eigenvalue weighted by Crippen LogP contribution is -2.03. The van der Waals surface area contributed by atoms with Gasteiger partial charge in [-0.2, -0.15) is 8.78 Å². The van der Waals surface area contributed by atoms with Gasteiger partial charge in [-0.15, -0.1) is 0 Å². The predicted octanol–water partition coefficient (Wildman–Crippen LogP) is 1.46. The van der Waals surface area contributed by atoms with E-state index in [0.717, 1.165) is 0 Å². The van der Waals surface area contributed by atoms with Crippen molar-refractivity contribution in [3.63, 3.8) is 0 Å². The van der Waals surface area contributed by atoms with Gasteiger partial charge >= 0.3 is 12.3 Å². The van der Waals surface area contributed by atoms with E-state index < -0.39 is 12.3 Å². The minimum absolute atomic E-state index is 0.0455. The van der Waals surface area contributed by atoms with Crippen LogP contribution in [0.4, 0.5) is 8.78 Å². The first-order valence-corrected chi connectivity index (χ1v) is 3.82. The zero-order valence-electron chi connectivity index (χ0n) is 6.88. The Balaban J connectivity index is 2.58. The molecule has 4 nitrogen and oxygen atoms in total. The number of alkyl halides is 2. The van der Waals surface area contributed by atoms with Gasteiger partial charge in [0.15, 0.2) is 5.75 Å². The van der Waals surface area contributed by atoms with Crippen molar-refractivity contribution in [1.29, 1.82) is 0 Å². The van der Waals surface area contributed by atoms with Crippen molar-refractivity contribution in [2.75, 3.05) is 0 Å². The average molecular weight is 200 g/mol. The van der Waals surface area contributed by atoms with Gasteiger partial charge in [-0.25, -0.2) is 4.79 Å². The second-order valence-electron chi connectivity index (χ2n) is 2.64. The number of ether oxygens (including phenoxy) is 1. The summed E-state index contributed by atoms with van der Waals surface area (Å²) in [6, 6.07) is 4.47. The Labute approximate surface area is 76.5 Å². The van der Waals surface area contributed by atoms with Crippen LogP contribution in [0.25, 0.3) is 11.0 Å². The molecule has 74 valence electrons. The Morgan fingerprint density at radius 3 is 2.79 bits per heavy atom. The Hall–Kier alpha value is -1.85. The number of hydrogen-bond acceptors (Lipinski definition) is 2. The van der Waals surface area contributed by atoms with Gasteiger partial charge in [0.05, 0.1) is 5.52 Å². The van der Waals surface area contributed by atoms with E-state index in [1.165, 1.54) is 12.1 Å². The Morgan fingerprint density at radius 1 is 1.29 bits per heavy atom. The highest BCUT2D eigenvalue weighted by Gasteiger charge is 2.09. The maximum absolute atomic E-state index is 11.9. The van der Waals surface area contributed by atoms with Crippen LogP contribution in [0, 0.1) is 0 Å². The largest absolute Gasteiger partial charge is 0.433 e. The van der Waals surface area contributed by atoms with Gasteiger partial charge in [0.25, 0.3) is 0 Å². The molecule has 0 amide bonds. The molecule has 0 saturated heterocycles. The molecule has 6 heteroatoms. The number of imidazole rings is 1. The van der Waals surface area contributed by atoms with Crippen LogP contribution in [0.3, 0.4) is 0 Å². The lowest BCUT2D eigenvalue weighted by atomic mass is 10.3. The topological polar surface area (TPSA) is 57.9 Å². The SMILES string of the molecule is O=c1[nH]c2cccc(OC(F)F)c2[nH]1. The van der Waals surface area contributed by atoms with Gasteiger partial charge in [0, 0.05) is 0 Å². The molecule has 1 aromatic heterocycles. The molecule has 1 heterocycles. The summed E-state index contributed by atoms with van der Waals surface area (Å²) < 4.78 is 28.1. The van der Waals surface area contributed by atoms with Crippen LogP contribution >= 0.6 is 0 Å². The summed E-state index contributed by atoms with van der Waals surface area (Å²) in [5.74, 6) is -0.0455. The van der Waals surface area contributed by atoms with Crippen molar-refractivity contribution in [2.45, 2.75) is 6.61 Å². The van der Waals surface area contributed by atoms with Crippen LogP contribution in [0.15, 0.2) is 23.0 Å². The molecule has 2 aromatic rings. The van der Waals surface area contributed by atoms with Gasteiger partial charge in [0.2, 0.25) is 0 Å². The standard InChI is InChI=1S/C8H6F2N2O2/c9-7(10)14-5-3-1-2-4-6(5)12-8(13)11-4/h1-3,7H,(H2,11,12,13). The number of hydrogen-bond donors (Lipinski definition) is 2. The van der Waals surface area contributed by atoms with Crippen molar-refractivity contribution >= 4 is 11.0 Å². The Morgan fingerprint density at radius 2 is 2.07 bits per heavy atom. The average Bonchev–Trinajstić information content (AvgIpc) is 2.45. The zero-order valence-corrected chi connectivity index (χ0v) is 6.88. The molecule has 14 heavy (non-hydrogen) atoms. The van der Waals surface area contributed by atoms with Gasteiger partial charge in [-0.1, -0.05) is 6.07 Å². The number of halogens is 2. The summed E-state index contributed by atoms with van der Waals surface area (Å²) >= 11 is 0. The van der Waals surface area contributed by atoms with Crippen molar-refractivity contribution in [1.82, 2.24) is 9.97 Å². The molecular formula is C8H6F2N2O2. The maximum atomic E-state index is 11.9. The third-order valence-electron chi connectivity index (χ3n) is 1.73. The van der Waals surface area contributed by atoms with E-state index >= 15 is 0 Å². The molecule has 0 saturated carbocycles. The first-order chi connectivity index (χ1) is 6.66. The first-order valence-electron chi connectivity index (χ1n) is 3.82. The van der Waals surface area contributed by atoms with Gasteiger partial charge in [-0.05, 0) is 12.1 Å². The highest BCUT2D eigenvalue weighted by atomic mass is 19.3. The molecule has 0 unspecified atom stereocenters. The second kappa shape index (κ2) is 3.13. The quantitative estimate of drug-likeness (QED) is 0.770. The molecule has 2 N–H and O–H groups in total. The van der Waals surface area contributed by atoms with Crippen molar-refractivity contribution in [3.05, 3.63) is 28.7 Å². The van der Waals surface area contributed by atoms with Crippen LogP contribution < -0.4 is 10.4 Å². The molecular weight excluding hydrogens is 194 g/mol. The summed E-state index contributed by atoms with van der Waals surface area (Å²) in [7, 11) is 0. The molecule has 0 aliphatic rings. The number of benzene rings is 1. The number of aromatic nitrogens is 2. The molecule has 0 atom stereocenters. The van der Waals surface area contributed by atoms with Crippen LogP contribution in [-0.2, 0) is 0 Å². The fourth-order valence-electron chi connectivity index (χ4n) is 1.23. The minimum Gasteiger partial charge on any atom is -0.433 e. The van der Waals surface area contributed by atoms with E-state index in [-0.39, 0.29) is 11.3 Å². The normalized spacial score (nSPS) is 11.1. The van der Waals surface area contributed by atoms with Gasteiger partial charge in [0.1, 0.15) is 5.52 Å². The number of para-hydroxylation sites is 1. The Bertz CT molecular complexity index is 503. The fourth-order valence-corrected chi connectivity index (χ4v) is 1.23.